The fourth-order valence-electron chi connectivity index (χ4n) is 2.64. The van der Waals surface area contributed by atoms with Crippen LogP contribution in [0.1, 0.15) is 11.5 Å². The lowest BCUT2D eigenvalue weighted by atomic mass is 9.92. The molecule has 3 rings (SSSR count). The van der Waals surface area contributed by atoms with Gasteiger partial charge in [0, 0.05) is 9.26 Å². The summed E-state index contributed by atoms with van der Waals surface area (Å²) in [7, 11) is 1.64. The summed E-state index contributed by atoms with van der Waals surface area (Å²) < 4.78 is 6.36. The molecule has 1 N–H and O–H groups in total. The maximum Gasteiger partial charge on any atom is 0.165 e. The molecule has 4 heteroatoms. The van der Waals surface area contributed by atoms with Crippen LogP contribution in [0.4, 0.5) is 5.69 Å². The molecule has 0 amide bonds. The van der Waals surface area contributed by atoms with Gasteiger partial charge in [-0.1, -0.05) is 18.2 Å². The third-order valence-corrected chi connectivity index (χ3v) is 4.51. The summed E-state index contributed by atoms with van der Waals surface area (Å²) >= 11 is 2.28. The third-order valence-electron chi connectivity index (χ3n) is 3.79. The van der Waals surface area contributed by atoms with Gasteiger partial charge in [-0.05, 0) is 70.6 Å². The monoisotopic (exact) mass is 405 g/mol. The molecule has 2 aromatic rings. The standard InChI is InChI=1S/C18H16INO2/c1-22-15-8-2-12(3-9-15)18-16(10-11-17(18)21)20-14-6-4-13(19)5-7-14/h2-11,16,18,20H,1H3/t16-,18+/m1/s1. The lowest BCUT2D eigenvalue weighted by molar-refractivity contribution is -0.115. The molecule has 112 valence electrons. The van der Waals surface area contributed by atoms with Gasteiger partial charge in [-0.15, -0.1) is 0 Å². The summed E-state index contributed by atoms with van der Waals surface area (Å²) in [5.41, 5.74) is 2.02. The van der Waals surface area contributed by atoms with Gasteiger partial charge in [-0.3, -0.25) is 4.79 Å². The Morgan fingerprint density at radius 1 is 1.05 bits per heavy atom. The van der Waals surface area contributed by atoms with Crippen LogP contribution in [0.15, 0.2) is 60.7 Å². The van der Waals surface area contributed by atoms with E-state index >= 15 is 0 Å². The Labute approximate surface area is 143 Å². The van der Waals surface area contributed by atoms with E-state index in [2.05, 4.69) is 27.9 Å². The van der Waals surface area contributed by atoms with Gasteiger partial charge in [0.05, 0.1) is 19.1 Å². The number of allylic oxidation sites excluding steroid dienone is 1. The second kappa shape index (κ2) is 6.52. The van der Waals surface area contributed by atoms with E-state index in [0.717, 1.165) is 17.0 Å². The molecular weight excluding hydrogens is 389 g/mol. The molecule has 0 saturated carbocycles. The topological polar surface area (TPSA) is 38.3 Å². The molecule has 2 atom stereocenters. The number of hydrogen-bond acceptors (Lipinski definition) is 3. The van der Waals surface area contributed by atoms with E-state index in [4.69, 9.17) is 4.74 Å². The minimum atomic E-state index is -0.190. The molecule has 0 aromatic heterocycles. The highest BCUT2D eigenvalue weighted by molar-refractivity contribution is 14.1. The number of benzene rings is 2. The number of anilines is 1. The molecule has 0 heterocycles. The van der Waals surface area contributed by atoms with Gasteiger partial charge in [0.2, 0.25) is 0 Å². The molecule has 1 aliphatic rings. The van der Waals surface area contributed by atoms with Crippen molar-refractivity contribution in [2.24, 2.45) is 0 Å². The van der Waals surface area contributed by atoms with E-state index < -0.39 is 0 Å². The van der Waals surface area contributed by atoms with Crippen LogP contribution >= 0.6 is 22.6 Å². The number of carbonyl (C=O) groups is 1. The van der Waals surface area contributed by atoms with Gasteiger partial charge in [0.25, 0.3) is 0 Å². The predicted octanol–water partition coefficient (Wildman–Crippen LogP) is 4.00. The predicted molar refractivity (Wildman–Crippen MR) is 96.5 cm³/mol. The average Bonchev–Trinajstić information content (AvgIpc) is 2.90. The fourth-order valence-corrected chi connectivity index (χ4v) is 3.00. The first-order valence-electron chi connectivity index (χ1n) is 7.05. The van der Waals surface area contributed by atoms with Crippen molar-refractivity contribution in [2.75, 3.05) is 12.4 Å². The van der Waals surface area contributed by atoms with Crippen LogP contribution in [-0.4, -0.2) is 18.9 Å². The first-order valence-corrected chi connectivity index (χ1v) is 8.13. The minimum absolute atomic E-state index is 0.0269. The zero-order valence-electron chi connectivity index (χ0n) is 12.1. The summed E-state index contributed by atoms with van der Waals surface area (Å²) in [6.07, 6.45) is 3.61. The van der Waals surface area contributed by atoms with Gasteiger partial charge in [0.15, 0.2) is 5.78 Å². The molecule has 0 radical (unpaired) electrons. The number of ketones is 1. The van der Waals surface area contributed by atoms with E-state index in [0.29, 0.717) is 0 Å². The molecule has 22 heavy (non-hydrogen) atoms. The Balaban J connectivity index is 1.81. The van der Waals surface area contributed by atoms with Crippen LogP contribution < -0.4 is 10.1 Å². The molecule has 0 aliphatic heterocycles. The zero-order chi connectivity index (χ0) is 15.5. The zero-order valence-corrected chi connectivity index (χ0v) is 14.3. The number of ether oxygens (including phenoxy) is 1. The van der Waals surface area contributed by atoms with Crippen molar-refractivity contribution in [2.45, 2.75) is 12.0 Å². The van der Waals surface area contributed by atoms with Crippen molar-refractivity contribution in [3.8, 4) is 5.75 Å². The third kappa shape index (κ3) is 3.16. The smallest absolute Gasteiger partial charge is 0.165 e. The molecule has 2 aromatic carbocycles. The number of nitrogens with one attached hydrogen (secondary N) is 1. The van der Waals surface area contributed by atoms with Crippen molar-refractivity contribution in [3.05, 3.63) is 69.8 Å². The van der Waals surface area contributed by atoms with Crippen molar-refractivity contribution in [1.29, 1.82) is 0 Å². The van der Waals surface area contributed by atoms with Gasteiger partial charge >= 0.3 is 0 Å². The summed E-state index contributed by atoms with van der Waals surface area (Å²) in [5, 5.41) is 3.43. The highest BCUT2D eigenvalue weighted by atomic mass is 127. The first kappa shape index (κ1) is 15.1. The SMILES string of the molecule is COc1ccc([C@@H]2C(=O)C=C[C@H]2Nc2ccc(I)cc2)cc1. The lowest BCUT2D eigenvalue weighted by Gasteiger charge is -2.21. The van der Waals surface area contributed by atoms with Gasteiger partial charge in [-0.25, -0.2) is 0 Å². The second-order valence-corrected chi connectivity index (χ2v) is 6.43. The molecule has 0 fully saturated rings. The Morgan fingerprint density at radius 3 is 2.36 bits per heavy atom. The Morgan fingerprint density at radius 2 is 1.73 bits per heavy atom. The summed E-state index contributed by atoms with van der Waals surface area (Å²) in [6, 6.07) is 15.8. The van der Waals surface area contributed by atoms with Crippen LogP contribution in [0.2, 0.25) is 0 Å². The number of methoxy groups -OCH3 is 1. The Kier molecular flexibility index (Phi) is 4.47. The quantitative estimate of drug-likeness (QED) is 0.782. The van der Waals surface area contributed by atoms with Crippen molar-refractivity contribution in [1.82, 2.24) is 0 Å². The van der Waals surface area contributed by atoms with E-state index in [1.165, 1.54) is 3.57 Å². The summed E-state index contributed by atoms with van der Waals surface area (Å²) in [6.45, 7) is 0. The van der Waals surface area contributed by atoms with Crippen molar-refractivity contribution < 1.29 is 9.53 Å². The molecular formula is C18H16INO2. The fraction of sp³-hybridized carbons (Fsp3) is 0.167. The maximum atomic E-state index is 12.2. The number of hydrogen-bond donors (Lipinski definition) is 1. The van der Waals surface area contributed by atoms with E-state index in [9.17, 15) is 4.79 Å². The van der Waals surface area contributed by atoms with E-state index in [1.54, 1.807) is 13.2 Å². The van der Waals surface area contributed by atoms with Crippen LogP contribution in [0.25, 0.3) is 0 Å². The van der Waals surface area contributed by atoms with Gasteiger partial charge in [0.1, 0.15) is 5.75 Å². The number of rotatable bonds is 4. The van der Waals surface area contributed by atoms with Crippen LogP contribution in [0.5, 0.6) is 5.75 Å². The molecule has 3 nitrogen and oxygen atoms in total. The molecule has 1 aliphatic carbocycles. The maximum absolute atomic E-state index is 12.2. The van der Waals surface area contributed by atoms with E-state index in [-0.39, 0.29) is 17.7 Å². The second-order valence-electron chi connectivity index (χ2n) is 5.19. The van der Waals surface area contributed by atoms with Crippen molar-refractivity contribution >= 4 is 34.1 Å². The van der Waals surface area contributed by atoms with Crippen LogP contribution in [0.3, 0.4) is 0 Å². The summed E-state index contributed by atoms with van der Waals surface area (Å²) in [5.74, 6) is 0.739. The van der Waals surface area contributed by atoms with Crippen LogP contribution in [0, 0.1) is 3.57 Å². The molecule has 0 bridgehead atoms. The largest absolute Gasteiger partial charge is 0.497 e. The van der Waals surface area contributed by atoms with Gasteiger partial charge in [-0.2, -0.15) is 0 Å². The van der Waals surface area contributed by atoms with Gasteiger partial charge < -0.3 is 10.1 Å². The number of carbonyl (C=O) groups excluding carboxylic acids is 1. The highest BCUT2D eigenvalue weighted by Gasteiger charge is 2.31. The normalized spacial score (nSPS) is 20.2. The Hall–Kier alpha value is -1.82. The Bertz CT molecular complexity index is 692. The molecule has 0 saturated heterocycles. The first-order chi connectivity index (χ1) is 10.7. The van der Waals surface area contributed by atoms with E-state index in [1.807, 2.05) is 54.6 Å². The average molecular weight is 405 g/mol. The lowest BCUT2D eigenvalue weighted by Crippen LogP contribution is -2.26. The van der Waals surface area contributed by atoms with Crippen LogP contribution in [-0.2, 0) is 4.79 Å². The molecule has 0 unspecified atom stereocenters. The highest BCUT2D eigenvalue weighted by Crippen LogP contribution is 2.30. The van der Waals surface area contributed by atoms with Crippen molar-refractivity contribution in [3.63, 3.8) is 0 Å². The minimum Gasteiger partial charge on any atom is -0.497 e. The molecule has 0 spiro atoms. The number of halogens is 1. The summed E-state index contributed by atoms with van der Waals surface area (Å²) in [4.78, 5) is 12.2.